The molecule has 2 aromatic rings. The Morgan fingerprint density at radius 1 is 1.10 bits per heavy atom. The van der Waals surface area contributed by atoms with Crippen LogP contribution in [-0.4, -0.2) is 44.9 Å². The summed E-state index contributed by atoms with van der Waals surface area (Å²) in [6.07, 6.45) is 0.861. The van der Waals surface area contributed by atoms with Crippen molar-refractivity contribution in [1.29, 1.82) is 0 Å². The Balaban J connectivity index is 1.44. The van der Waals surface area contributed by atoms with Gasteiger partial charge in [0.2, 0.25) is 15.9 Å². The number of nitrogens with zero attached hydrogens (tertiary/aromatic N) is 1. The number of benzene rings is 2. The van der Waals surface area contributed by atoms with E-state index in [-0.39, 0.29) is 43.1 Å². The lowest BCUT2D eigenvalue weighted by Crippen LogP contribution is -2.44. The molecule has 168 valence electrons. The minimum absolute atomic E-state index is 0.131. The predicted molar refractivity (Wildman–Crippen MR) is 118 cm³/mol. The molecule has 3 rings (SSSR count). The normalized spacial score (nSPS) is 15.6. The third-order valence-electron chi connectivity index (χ3n) is 5.09. The number of nitrogens with one attached hydrogen (secondary N) is 1. The molecule has 1 saturated heterocycles. The summed E-state index contributed by atoms with van der Waals surface area (Å²) in [5.41, 5.74) is 0.381. The van der Waals surface area contributed by atoms with Gasteiger partial charge in [-0.05, 0) is 49.2 Å². The second kappa shape index (κ2) is 10.6. The SMILES string of the molecule is O=C(NCCOc1ccc(F)cc1)C1CCN(S(=O)(=O)Cc2c(Cl)cccc2Cl)CC1. The first kappa shape index (κ1) is 23.8. The van der Waals surface area contributed by atoms with Crippen molar-refractivity contribution in [3.05, 3.63) is 63.9 Å². The van der Waals surface area contributed by atoms with Crippen LogP contribution in [0.2, 0.25) is 10.0 Å². The molecule has 1 N–H and O–H groups in total. The van der Waals surface area contributed by atoms with Gasteiger partial charge in [0.15, 0.2) is 0 Å². The maximum atomic E-state index is 12.9. The first-order valence-corrected chi connectivity index (χ1v) is 12.2. The summed E-state index contributed by atoms with van der Waals surface area (Å²) < 4.78 is 45.2. The maximum Gasteiger partial charge on any atom is 0.223 e. The van der Waals surface area contributed by atoms with Crippen LogP contribution in [0.4, 0.5) is 4.39 Å². The summed E-state index contributed by atoms with van der Waals surface area (Å²) >= 11 is 12.2. The molecule has 1 fully saturated rings. The van der Waals surface area contributed by atoms with Gasteiger partial charge in [-0.15, -0.1) is 0 Å². The van der Waals surface area contributed by atoms with Crippen molar-refractivity contribution >= 4 is 39.1 Å². The van der Waals surface area contributed by atoms with Gasteiger partial charge in [-0.2, -0.15) is 0 Å². The third-order valence-corrected chi connectivity index (χ3v) is 7.60. The fraction of sp³-hybridized carbons (Fsp3) is 0.381. The Morgan fingerprint density at radius 3 is 2.32 bits per heavy atom. The molecule has 0 unspecified atom stereocenters. The van der Waals surface area contributed by atoms with E-state index < -0.39 is 10.0 Å². The largest absolute Gasteiger partial charge is 0.492 e. The number of carbonyl (C=O) groups is 1. The van der Waals surface area contributed by atoms with Gasteiger partial charge in [-0.1, -0.05) is 29.3 Å². The fourth-order valence-electron chi connectivity index (χ4n) is 3.36. The lowest BCUT2D eigenvalue weighted by atomic mass is 9.97. The lowest BCUT2D eigenvalue weighted by Gasteiger charge is -2.30. The van der Waals surface area contributed by atoms with E-state index >= 15 is 0 Å². The van der Waals surface area contributed by atoms with Crippen molar-refractivity contribution < 1.29 is 22.3 Å². The highest BCUT2D eigenvalue weighted by atomic mass is 35.5. The number of hydrogen-bond donors (Lipinski definition) is 1. The van der Waals surface area contributed by atoms with Crippen LogP contribution in [-0.2, 0) is 20.6 Å². The number of piperidine rings is 1. The van der Waals surface area contributed by atoms with Gasteiger partial charge in [-0.25, -0.2) is 17.1 Å². The third kappa shape index (κ3) is 6.55. The molecular formula is C21H23Cl2FN2O4S. The molecule has 1 aliphatic heterocycles. The Bertz CT molecular complexity index is 990. The van der Waals surface area contributed by atoms with E-state index in [1.807, 2.05) is 0 Å². The number of sulfonamides is 1. The average molecular weight is 489 g/mol. The smallest absolute Gasteiger partial charge is 0.223 e. The average Bonchev–Trinajstić information content (AvgIpc) is 2.75. The number of rotatable bonds is 8. The van der Waals surface area contributed by atoms with Crippen LogP contribution in [0.15, 0.2) is 42.5 Å². The van der Waals surface area contributed by atoms with E-state index in [1.54, 1.807) is 18.2 Å². The second-order valence-electron chi connectivity index (χ2n) is 7.22. The van der Waals surface area contributed by atoms with Crippen molar-refractivity contribution in [1.82, 2.24) is 9.62 Å². The van der Waals surface area contributed by atoms with Gasteiger partial charge in [0.05, 0.1) is 12.3 Å². The van der Waals surface area contributed by atoms with Crippen LogP contribution >= 0.6 is 23.2 Å². The zero-order valence-electron chi connectivity index (χ0n) is 16.7. The summed E-state index contributed by atoms with van der Waals surface area (Å²) in [5, 5.41) is 3.43. The molecular weight excluding hydrogens is 466 g/mol. The Morgan fingerprint density at radius 2 is 1.71 bits per heavy atom. The summed E-state index contributed by atoms with van der Waals surface area (Å²) in [6.45, 7) is 1.08. The molecule has 0 spiro atoms. The van der Waals surface area contributed by atoms with Crippen LogP contribution in [0.1, 0.15) is 18.4 Å². The molecule has 0 aromatic heterocycles. The molecule has 0 bridgehead atoms. The van der Waals surface area contributed by atoms with Crippen LogP contribution < -0.4 is 10.1 Å². The van der Waals surface area contributed by atoms with E-state index in [2.05, 4.69) is 5.32 Å². The molecule has 10 heteroatoms. The highest BCUT2D eigenvalue weighted by Gasteiger charge is 2.31. The number of ether oxygens (including phenoxy) is 1. The van der Waals surface area contributed by atoms with E-state index in [9.17, 15) is 17.6 Å². The molecule has 0 saturated carbocycles. The molecule has 6 nitrogen and oxygen atoms in total. The number of amides is 1. The molecule has 31 heavy (non-hydrogen) atoms. The zero-order valence-corrected chi connectivity index (χ0v) is 19.0. The first-order valence-electron chi connectivity index (χ1n) is 9.83. The predicted octanol–water partition coefficient (Wildman–Crippen LogP) is 3.87. The van der Waals surface area contributed by atoms with Crippen LogP contribution in [0.3, 0.4) is 0 Å². The Hall–Kier alpha value is -1.87. The van der Waals surface area contributed by atoms with Crippen LogP contribution in [0.5, 0.6) is 5.75 Å². The summed E-state index contributed by atoms with van der Waals surface area (Å²) in [6, 6.07) is 10.5. The van der Waals surface area contributed by atoms with E-state index in [1.165, 1.54) is 28.6 Å². The monoisotopic (exact) mass is 488 g/mol. The fourth-order valence-corrected chi connectivity index (χ4v) is 5.67. The summed E-state index contributed by atoms with van der Waals surface area (Å²) in [4.78, 5) is 12.4. The maximum absolute atomic E-state index is 12.9. The number of hydrogen-bond acceptors (Lipinski definition) is 4. The van der Waals surface area contributed by atoms with Crippen LogP contribution in [0.25, 0.3) is 0 Å². The first-order chi connectivity index (χ1) is 14.8. The van der Waals surface area contributed by atoms with Crippen LogP contribution in [0, 0.1) is 11.7 Å². The summed E-state index contributed by atoms with van der Waals surface area (Å²) in [5.74, 6) is -0.491. The molecule has 0 atom stereocenters. The minimum atomic E-state index is -3.60. The molecule has 0 aliphatic carbocycles. The quantitative estimate of drug-likeness (QED) is 0.572. The molecule has 1 heterocycles. The topological polar surface area (TPSA) is 75.7 Å². The number of carbonyl (C=O) groups excluding carboxylic acids is 1. The minimum Gasteiger partial charge on any atom is -0.492 e. The van der Waals surface area contributed by atoms with Crippen molar-refractivity contribution in [2.24, 2.45) is 5.92 Å². The van der Waals surface area contributed by atoms with Gasteiger partial charge >= 0.3 is 0 Å². The Labute approximate surface area is 191 Å². The van der Waals surface area contributed by atoms with E-state index in [0.717, 1.165) is 0 Å². The van der Waals surface area contributed by atoms with Crippen molar-refractivity contribution in [3.63, 3.8) is 0 Å². The molecule has 1 amide bonds. The van der Waals surface area contributed by atoms with E-state index in [0.29, 0.717) is 40.7 Å². The second-order valence-corrected chi connectivity index (χ2v) is 10.0. The van der Waals surface area contributed by atoms with Crippen molar-refractivity contribution in [2.75, 3.05) is 26.2 Å². The van der Waals surface area contributed by atoms with Gasteiger partial charge < -0.3 is 10.1 Å². The molecule has 1 aliphatic rings. The number of halogens is 3. The summed E-state index contributed by atoms with van der Waals surface area (Å²) in [7, 11) is -3.60. The highest BCUT2D eigenvalue weighted by Crippen LogP contribution is 2.29. The standard InChI is InChI=1S/C21H23Cl2FN2O4S/c22-19-2-1-3-20(23)18(19)14-31(28,29)26-11-8-15(9-12-26)21(27)25-10-13-30-17-6-4-16(24)5-7-17/h1-7,15H,8-14H2,(H,25,27). The van der Waals surface area contributed by atoms with Gasteiger partial charge in [-0.3, -0.25) is 4.79 Å². The van der Waals surface area contributed by atoms with Gasteiger partial charge in [0.25, 0.3) is 0 Å². The highest BCUT2D eigenvalue weighted by molar-refractivity contribution is 7.88. The van der Waals surface area contributed by atoms with Gasteiger partial charge in [0, 0.05) is 34.6 Å². The zero-order chi connectivity index (χ0) is 22.4. The van der Waals surface area contributed by atoms with Crippen molar-refractivity contribution in [2.45, 2.75) is 18.6 Å². The lowest BCUT2D eigenvalue weighted by molar-refractivity contribution is -0.126. The molecule has 2 aromatic carbocycles. The molecule has 0 radical (unpaired) electrons. The van der Waals surface area contributed by atoms with E-state index in [4.69, 9.17) is 27.9 Å². The Kier molecular flexibility index (Phi) is 8.16. The van der Waals surface area contributed by atoms with Gasteiger partial charge in [0.1, 0.15) is 18.2 Å². The van der Waals surface area contributed by atoms with Crippen molar-refractivity contribution in [3.8, 4) is 5.75 Å².